The molecule has 1 fully saturated rings. The molecular weight excluding hydrogens is 366 g/mol. The summed E-state index contributed by atoms with van der Waals surface area (Å²) in [6.45, 7) is 5.25. The number of aliphatic hydroxyl groups is 1. The maximum Gasteiger partial charge on any atom is 0.261 e. The minimum atomic E-state index is -1.02. The van der Waals surface area contributed by atoms with Crippen LogP contribution >= 0.6 is 11.6 Å². The number of aromatic nitrogens is 2. The number of rotatable bonds is 5. The van der Waals surface area contributed by atoms with Crippen molar-refractivity contribution >= 4 is 28.4 Å². The fourth-order valence-corrected chi connectivity index (χ4v) is 3.93. The Kier molecular flexibility index (Phi) is 5.86. The first kappa shape index (κ1) is 19.8. The van der Waals surface area contributed by atoms with Gasteiger partial charge in [0, 0.05) is 24.0 Å². The Hall–Kier alpha value is -1.92. The van der Waals surface area contributed by atoms with Crippen LogP contribution in [0.15, 0.2) is 29.3 Å². The molecule has 2 aromatic rings. The predicted octanol–water partition coefficient (Wildman–Crippen LogP) is 2.84. The van der Waals surface area contributed by atoms with E-state index in [1.165, 1.54) is 10.9 Å². The third-order valence-corrected chi connectivity index (χ3v) is 5.83. The number of likely N-dealkylation sites (tertiary alicyclic amines) is 1. The third kappa shape index (κ3) is 4.17. The largest absolute Gasteiger partial charge is 0.388 e. The average Bonchev–Trinajstić information content (AvgIpc) is 2.65. The molecule has 0 aliphatic carbocycles. The van der Waals surface area contributed by atoms with Gasteiger partial charge in [-0.3, -0.25) is 14.2 Å². The molecule has 1 amide bonds. The zero-order chi connectivity index (χ0) is 19.6. The van der Waals surface area contributed by atoms with Crippen LogP contribution in [0.2, 0.25) is 5.02 Å². The Labute approximate surface area is 163 Å². The smallest absolute Gasteiger partial charge is 0.261 e. The summed E-state index contributed by atoms with van der Waals surface area (Å²) in [5.74, 6) is 0.221. The molecule has 0 radical (unpaired) electrons. The highest BCUT2D eigenvalue weighted by Crippen LogP contribution is 2.26. The maximum absolute atomic E-state index is 12.7. The number of hydrogen-bond acceptors (Lipinski definition) is 4. The van der Waals surface area contributed by atoms with Crippen LogP contribution in [0.4, 0.5) is 0 Å². The molecule has 0 atom stereocenters. The molecule has 7 heteroatoms. The first-order valence-corrected chi connectivity index (χ1v) is 9.90. The lowest BCUT2D eigenvalue weighted by molar-refractivity contribution is -0.140. The number of nitrogens with zero attached hydrogens (tertiary/aromatic N) is 3. The van der Waals surface area contributed by atoms with E-state index in [4.69, 9.17) is 11.6 Å². The quantitative estimate of drug-likeness (QED) is 0.850. The van der Waals surface area contributed by atoms with E-state index in [2.05, 4.69) is 4.98 Å². The van der Waals surface area contributed by atoms with Gasteiger partial charge in [0.25, 0.3) is 5.56 Å². The van der Waals surface area contributed by atoms with Crippen molar-refractivity contribution in [2.24, 2.45) is 5.92 Å². The van der Waals surface area contributed by atoms with Gasteiger partial charge in [-0.1, -0.05) is 25.4 Å². The number of fused-ring (bicyclic) bond motifs is 1. The normalized spacial score (nSPS) is 16.9. The van der Waals surface area contributed by atoms with Crippen LogP contribution < -0.4 is 5.56 Å². The van der Waals surface area contributed by atoms with Crippen molar-refractivity contribution in [3.63, 3.8) is 0 Å². The van der Waals surface area contributed by atoms with E-state index in [1.54, 1.807) is 18.2 Å². The van der Waals surface area contributed by atoms with Crippen molar-refractivity contribution in [2.75, 3.05) is 13.1 Å². The van der Waals surface area contributed by atoms with Gasteiger partial charge in [0.1, 0.15) is 0 Å². The second kappa shape index (κ2) is 7.98. The molecular formula is C20H26ClN3O3. The molecule has 6 nitrogen and oxygen atoms in total. The van der Waals surface area contributed by atoms with Crippen LogP contribution in [0.1, 0.15) is 39.5 Å². The molecule has 0 bridgehead atoms. The third-order valence-electron chi connectivity index (χ3n) is 5.59. The van der Waals surface area contributed by atoms with Gasteiger partial charge in [0.05, 0.1) is 29.4 Å². The Morgan fingerprint density at radius 1 is 1.30 bits per heavy atom. The Balaban J connectivity index is 1.73. The molecule has 27 heavy (non-hydrogen) atoms. The Morgan fingerprint density at radius 3 is 2.59 bits per heavy atom. The molecule has 0 saturated carbocycles. The summed E-state index contributed by atoms with van der Waals surface area (Å²) in [4.78, 5) is 31.4. The van der Waals surface area contributed by atoms with Crippen LogP contribution in [0, 0.1) is 5.92 Å². The molecule has 1 aliphatic rings. The van der Waals surface area contributed by atoms with Gasteiger partial charge in [0.2, 0.25) is 5.91 Å². The first-order chi connectivity index (χ1) is 12.9. The minimum Gasteiger partial charge on any atom is -0.388 e. The topological polar surface area (TPSA) is 75.4 Å². The summed E-state index contributed by atoms with van der Waals surface area (Å²) >= 11 is 5.95. The zero-order valence-corrected chi connectivity index (χ0v) is 16.6. The molecule has 1 aromatic heterocycles. The minimum absolute atomic E-state index is 0.0512. The molecule has 2 heterocycles. The summed E-state index contributed by atoms with van der Waals surface area (Å²) in [6.07, 6.45) is 4.02. The highest BCUT2D eigenvalue weighted by Gasteiger charge is 2.35. The Morgan fingerprint density at radius 2 is 1.96 bits per heavy atom. The van der Waals surface area contributed by atoms with E-state index in [9.17, 15) is 14.7 Å². The predicted molar refractivity (Wildman–Crippen MR) is 106 cm³/mol. The van der Waals surface area contributed by atoms with Gasteiger partial charge in [-0.25, -0.2) is 4.98 Å². The van der Waals surface area contributed by atoms with Crippen molar-refractivity contribution in [1.29, 1.82) is 0 Å². The number of carbonyl (C=O) groups is 1. The van der Waals surface area contributed by atoms with E-state index in [0.717, 1.165) is 12.8 Å². The lowest BCUT2D eigenvalue weighted by Crippen LogP contribution is -2.50. The number of piperidine rings is 1. The monoisotopic (exact) mass is 391 g/mol. The van der Waals surface area contributed by atoms with Gasteiger partial charge in [-0.15, -0.1) is 0 Å². The van der Waals surface area contributed by atoms with Gasteiger partial charge < -0.3 is 10.0 Å². The molecule has 146 valence electrons. The lowest BCUT2D eigenvalue weighted by atomic mass is 9.90. The van der Waals surface area contributed by atoms with Crippen LogP contribution in [0.5, 0.6) is 0 Å². The first-order valence-electron chi connectivity index (χ1n) is 9.52. The molecule has 1 saturated heterocycles. The number of hydrogen-bond donors (Lipinski definition) is 1. The van der Waals surface area contributed by atoms with Crippen LogP contribution in [0.3, 0.4) is 0 Å². The number of halogens is 1. The van der Waals surface area contributed by atoms with Gasteiger partial charge >= 0.3 is 0 Å². The average molecular weight is 392 g/mol. The van der Waals surface area contributed by atoms with Gasteiger partial charge in [-0.05, 0) is 43.9 Å². The van der Waals surface area contributed by atoms with Crippen molar-refractivity contribution in [1.82, 2.24) is 14.5 Å². The van der Waals surface area contributed by atoms with Gasteiger partial charge in [0.15, 0.2) is 0 Å². The van der Waals surface area contributed by atoms with E-state index in [0.29, 0.717) is 41.9 Å². The van der Waals surface area contributed by atoms with Crippen molar-refractivity contribution in [2.45, 2.75) is 51.7 Å². The van der Waals surface area contributed by atoms with Crippen LogP contribution in [-0.4, -0.2) is 44.2 Å². The second-order valence-electron chi connectivity index (χ2n) is 7.40. The highest BCUT2D eigenvalue weighted by molar-refractivity contribution is 6.31. The van der Waals surface area contributed by atoms with Crippen LogP contribution in [-0.2, 0) is 11.3 Å². The highest BCUT2D eigenvalue weighted by atomic mass is 35.5. The Bertz CT molecular complexity index is 884. The summed E-state index contributed by atoms with van der Waals surface area (Å²) in [5, 5.41) is 12.0. The van der Waals surface area contributed by atoms with Gasteiger partial charge in [-0.2, -0.15) is 0 Å². The summed E-state index contributed by atoms with van der Waals surface area (Å²) in [7, 11) is 0. The molecule has 1 aliphatic heterocycles. The molecule has 0 spiro atoms. The number of amides is 1. The molecule has 0 unspecified atom stereocenters. The summed E-state index contributed by atoms with van der Waals surface area (Å²) < 4.78 is 1.45. The van der Waals surface area contributed by atoms with E-state index in [-0.39, 0.29) is 23.9 Å². The van der Waals surface area contributed by atoms with Crippen molar-refractivity contribution < 1.29 is 9.90 Å². The maximum atomic E-state index is 12.7. The number of carbonyl (C=O) groups excluding carboxylic acids is 1. The van der Waals surface area contributed by atoms with Crippen LogP contribution in [0.25, 0.3) is 10.9 Å². The summed E-state index contributed by atoms with van der Waals surface area (Å²) in [6, 6.07) is 4.97. The molecule has 3 rings (SSSR count). The fourth-order valence-electron chi connectivity index (χ4n) is 3.76. The van der Waals surface area contributed by atoms with Crippen molar-refractivity contribution in [3.8, 4) is 0 Å². The number of benzene rings is 1. The lowest BCUT2D eigenvalue weighted by Gasteiger charge is -2.39. The van der Waals surface area contributed by atoms with E-state index in [1.807, 2.05) is 18.7 Å². The van der Waals surface area contributed by atoms with E-state index >= 15 is 0 Å². The summed E-state index contributed by atoms with van der Waals surface area (Å²) in [5.41, 5.74) is -0.669. The SMILES string of the molecule is CCC(CC)C(=O)N1CCC(O)(Cn2cnc3cc(Cl)ccc3c2=O)CC1. The zero-order valence-electron chi connectivity index (χ0n) is 15.8. The fraction of sp³-hybridized carbons (Fsp3) is 0.550. The van der Waals surface area contributed by atoms with Crippen molar-refractivity contribution in [3.05, 3.63) is 39.9 Å². The van der Waals surface area contributed by atoms with E-state index < -0.39 is 5.60 Å². The molecule has 1 N–H and O–H groups in total. The molecule has 1 aromatic carbocycles. The second-order valence-corrected chi connectivity index (χ2v) is 7.84. The standard InChI is InChI=1S/C20H26ClN3O3/c1-3-14(4-2)18(25)23-9-7-20(27,8-10-23)12-24-13-22-17-11-15(21)5-6-16(17)19(24)26/h5-6,11,13-14,27H,3-4,7-10,12H2,1-2H3.